The highest BCUT2D eigenvalue weighted by Gasteiger charge is 2.06. The van der Waals surface area contributed by atoms with Gasteiger partial charge >= 0.3 is 0 Å². The fraction of sp³-hybridized carbons (Fsp3) is 0. The van der Waals surface area contributed by atoms with Gasteiger partial charge in [-0.15, -0.1) is 0 Å². The van der Waals surface area contributed by atoms with E-state index in [1.807, 2.05) is 30.3 Å². The van der Waals surface area contributed by atoms with Gasteiger partial charge in [0.15, 0.2) is 0 Å². The summed E-state index contributed by atoms with van der Waals surface area (Å²) in [6.45, 7) is 0. The van der Waals surface area contributed by atoms with Crippen molar-refractivity contribution in [3.05, 3.63) is 55.9 Å². The molecular weight excluding hydrogens is 379 g/mol. The molecule has 0 atom stereocenters. The summed E-state index contributed by atoms with van der Waals surface area (Å²) in [6, 6.07) is 13.2. The Kier molecular flexibility index (Phi) is 4.28. The predicted octanol–water partition coefficient (Wildman–Crippen LogP) is 5.48. The molecule has 2 aromatic rings. The van der Waals surface area contributed by atoms with Crippen molar-refractivity contribution in [2.45, 2.75) is 0 Å². The van der Waals surface area contributed by atoms with Gasteiger partial charge < -0.3 is 5.32 Å². The van der Waals surface area contributed by atoms with E-state index in [0.717, 1.165) is 20.3 Å². The van der Waals surface area contributed by atoms with Crippen LogP contribution in [0.15, 0.2) is 45.3 Å². The second kappa shape index (κ2) is 5.75. The molecule has 90 valence electrons. The molecule has 0 aliphatic rings. The molecule has 5 heteroatoms. The van der Waals surface area contributed by atoms with Crippen LogP contribution in [-0.2, 0) is 0 Å². The highest BCUT2D eigenvalue weighted by Crippen LogP contribution is 2.30. The normalized spacial score (nSPS) is 9.89. The Bertz CT molecular complexity index is 635. The quantitative estimate of drug-likeness (QED) is 0.742. The second-order valence-corrected chi connectivity index (χ2v) is 5.64. The molecule has 0 saturated carbocycles. The summed E-state index contributed by atoms with van der Waals surface area (Å²) in [4.78, 5) is 0. The van der Waals surface area contributed by atoms with Crippen molar-refractivity contribution in [2.24, 2.45) is 0 Å². The molecule has 0 unspecified atom stereocenters. The van der Waals surface area contributed by atoms with Crippen LogP contribution in [0.25, 0.3) is 0 Å². The summed E-state index contributed by atoms with van der Waals surface area (Å²) in [5.74, 6) is 0. The zero-order chi connectivity index (χ0) is 13.1. The van der Waals surface area contributed by atoms with E-state index >= 15 is 0 Å². The predicted molar refractivity (Wildman–Crippen MR) is 81.3 cm³/mol. The van der Waals surface area contributed by atoms with E-state index in [2.05, 4.69) is 43.2 Å². The van der Waals surface area contributed by atoms with E-state index in [1.165, 1.54) is 0 Å². The maximum absolute atomic E-state index is 9.13. The number of nitrogens with zero attached hydrogens (tertiary/aromatic N) is 1. The summed E-state index contributed by atoms with van der Waals surface area (Å²) >= 11 is 12.7. The number of nitrogens with one attached hydrogen (secondary N) is 1. The van der Waals surface area contributed by atoms with Crippen LogP contribution in [0.3, 0.4) is 0 Å². The van der Waals surface area contributed by atoms with Gasteiger partial charge in [0.25, 0.3) is 0 Å². The van der Waals surface area contributed by atoms with E-state index in [-0.39, 0.29) is 0 Å². The standard InChI is InChI=1S/C13H7Br2ClN2/c14-10-2-1-3-13(9(10)7-17)18-8-4-5-12(16)11(15)6-8/h1-6,18H. The maximum atomic E-state index is 9.13. The van der Waals surface area contributed by atoms with Crippen molar-refractivity contribution >= 4 is 54.8 Å². The van der Waals surface area contributed by atoms with Crippen LogP contribution in [0.5, 0.6) is 0 Å². The largest absolute Gasteiger partial charge is 0.354 e. The van der Waals surface area contributed by atoms with Gasteiger partial charge in [-0.1, -0.05) is 17.7 Å². The number of rotatable bonds is 2. The zero-order valence-electron chi connectivity index (χ0n) is 9.05. The number of halogens is 3. The lowest BCUT2D eigenvalue weighted by molar-refractivity contribution is 1.44. The van der Waals surface area contributed by atoms with E-state index in [4.69, 9.17) is 16.9 Å². The smallest absolute Gasteiger partial charge is 0.103 e. The molecule has 0 aliphatic carbocycles. The third kappa shape index (κ3) is 2.86. The maximum Gasteiger partial charge on any atom is 0.103 e. The lowest BCUT2D eigenvalue weighted by Crippen LogP contribution is -1.94. The lowest BCUT2D eigenvalue weighted by atomic mass is 10.2. The van der Waals surface area contributed by atoms with Crippen molar-refractivity contribution in [3.8, 4) is 6.07 Å². The molecular formula is C13H7Br2ClN2. The second-order valence-electron chi connectivity index (χ2n) is 3.53. The zero-order valence-corrected chi connectivity index (χ0v) is 13.0. The average Bonchev–Trinajstić information content (AvgIpc) is 2.34. The molecule has 0 amide bonds. The minimum Gasteiger partial charge on any atom is -0.354 e. The third-order valence-electron chi connectivity index (χ3n) is 2.32. The SMILES string of the molecule is N#Cc1c(Br)cccc1Nc1ccc(Cl)c(Br)c1. The highest BCUT2D eigenvalue weighted by atomic mass is 79.9. The Morgan fingerprint density at radius 1 is 1.11 bits per heavy atom. The molecule has 0 aromatic heterocycles. The number of nitriles is 1. The first-order valence-electron chi connectivity index (χ1n) is 5.02. The van der Waals surface area contributed by atoms with Crippen LogP contribution in [0.4, 0.5) is 11.4 Å². The molecule has 1 N–H and O–H groups in total. The van der Waals surface area contributed by atoms with Gasteiger partial charge in [-0.2, -0.15) is 5.26 Å². The Hall–Kier alpha value is -1.02. The number of benzene rings is 2. The van der Waals surface area contributed by atoms with Crippen LogP contribution >= 0.6 is 43.5 Å². The Morgan fingerprint density at radius 2 is 1.89 bits per heavy atom. The van der Waals surface area contributed by atoms with Gasteiger partial charge in [0, 0.05) is 14.6 Å². The highest BCUT2D eigenvalue weighted by molar-refractivity contribution is 9.10. The van der Waals surface area contributed by atoms with Crippen molar-refractivity contribution in [1.82, 2.24) is 0 Å². The molecule has 0 bridgehead atoms. The number of hydrogen-bond acceptors (Lipinski definition) is 2. The molecule has 0 spiro atoms. The molecule has 2 rings (SSSR count). The molecule has 0 saturated heterocycles. The molecule has 0 heterocycles. The van der Waals surface area contributed by atoms with E-state index < -0.39 is 0 Å². The van der Waals surface area contributed by atoms with Crippen molar-refractivity contribution in [1.29, 1.82) is 5.26 Å². The molecule has 18 heavy (non-hydrogen) atoms. The fourth-order valence-corrected chi connectivity index (χ4v) is 2.42. The van der Waals surface area contributed by atoms with E-state index in [9.17, 15) is 0 Å². The van der Waals surface area contributed by atoms with Crippen LogP contribution in [0.1, 0.15) is 5.56 Å². The van der Waals surface area contributed by atoms with Gasteiger partial charge in [0.1, 0.15) is 6.07 Å². The number of anilines is 2. The van der Waals surface area contributed by atoms with Crippen LogP contribution in [-0.4, -0.2) is 0 Å². The summed E-state index contributed by atoms with van der Waals surface area (Å²) < 4.78 is 1.57. The molecule has 0 aliphatic heterocycles. The third-order valence-corrected chi connectivity index (χ3v) is 4.20. The first-order valence-corrected chi connectivity index (χ1v) is 6.99. The van der Waals surface area contributed by atoms with Gasteiger partial charge in [-0.25, -0.2) is 0 Å². The van der Waals surface area contributed by atoms with Crippen molar-refractivity contribution < 1.29 is 0 Å². The minimum atomic E-state index is 0.573. The monoisotopic (exact) mass is 384 g/mol. The fourth-order valence-electron chi connectivity index (χ4n) is 1.47. The first kappa shape index (κ1) is 13.4. The summed E-state index contributed by atoms with van der Waals surface area (Å²) in [5.41, 5.74) is 2.19. The summed E-state index contributed by atoms with van der Waals surface area (Å²) in [7, 11) is 0. The number of hydrogen-bond donors (Lipinski definition) is 1. The average molecular weight is 386 g/mol. The molecule has 2 nitrogen and oxygen atoms in total. The van der Waals surface area contributed by atoms with E-state index in [0.29, 0.717) is 10.6 Å². The van der Waals surface area contributed by atoms with Gasteiger partial charge in [-0.05, 0) is 62.2 Å². The topological polar surface area (TPSA) is 35.8 Å². The van der Waals surface area contributed by atoms with Gasteiger partial charge in [-0.3, -0.25) is 0 Å². The van der Waals surface area contributed by atoms with Crippen molar-refractivity contribution in [2.75, 3.05) is 5.32 Å². The Labute approximate surface area is 127 Å². The van der Waals surface area contributed by atoms with E-state index in [1.54, 1.807) is 6.07 Å². The van der Waals surface area contributed by atoms with Crippen molar-refractivity contribution in [3.63, 3.8) is 0 Å². The Morgan fingerprint density at radius 3 is 2.56 bits per heavy atom. The molecule has 0 fully saturated rings. The Balaban J connectivity index is 2.37. The molecule has 2 aromatic carbocycles. The van der Waals surface area contributed by atoms with Gasteiger partial charge in [0.05, 0.1) is 16.3 Å². The molecule has 0 radical (unpaired) electrons. The van der Waals surface area contributed by atoms with Crippen LogP contribution < -0.4 is 5.32 Å². The lowest BCUT2D eigenvalue weighted by Gasteiger charge is -2.10. The summed E-state index contributed by atoms with van der Waals surface area (Å²) in [6.07, 6.45) is 0. The summed E-state index contributed by atoms with van der Waals surface area (Å²) in [5, 5.41) is 13.0. The first-order chi connectivity index (χ1) is 8.61. The van der Waals surface area contributed by atoms with Crippen LogP contribution in [0.2, 0.25) is 5.02 Å². The van der Waals surface area contributed by atoms with Crippen LogP contribution in [0, 0.1) is 11.3 Å². The van der Waals surface area contributed by atoms with Gasteiger partial charge in [0.2, 0.25) is 0 Å². The minimum absolute atomic E-state index is 0.573.